The van der Waals surface area contributed by atoms with Crippen LogP contribution in [-0.2, 0) is 0 Å². The van der Waals surface area contributed by atoms with Crippen LogP contribution in [-0.4, -0.2) is 15.0 Å². The van der Waals surface area contributed by atoms with Gasteiger partial charge in [-0.3, -0.25) is 0 Å². The largest absolute Gasteiger partial charge is 0.208 e. The molecule has 308 valence electrons. The quantitative estimate of drug-likeness (QED) is 0.153. The highest BCUT2D eigenvalue weighted by Crippen LogP contribution is 2.39. The number of nitrogens with zero attached hydrogens (tertiary/aromatic N) is 3. The summed E-state index contributed by atoms with van der Waals surface area (Å²) in [5.41, 5.74) is 14.3. The molecule has 0 aliphatic carbocycles. The zero-order valence-electron chi connectivity index (χ0n) is 36.0. The maximum absolute atomic E-state index is 5.36. The molecule has 0 amide bonds. The molecule has 0 aliphatic rings. The number of aromatic nitrogens is 3. The molecule has 12 aromatic rings. The van der Waals surface area contributed by atoms with Crippen LogP contribution in [0.3, 0.4) is 0 Å². The molecule has 0 N–H and O–H groups in total. The Hall–Kier alpha value is -8.79. The van der Waals surface area contributed by atoms with E-state index in [1.807, 2.05) is 0 Å². The van der Waals surface area contributed by atoms with E-state index in [-0.39, 0.29) is 0 Å². The summed E-state index contributed by atoms with van der Waals surface area (Å²) in [5, 5.41) is 7.10. The van der Waals surface area contributed by atoms with E-state index < -0.39 is 0 Å². The van der Waals surface area contributed by atoms with Crippen LogP contribution in [0.4, 0.5) is 0 Å². The SMILES string of the molecule is c1ccc(-c2cccc(-c3cc(-c4nc(-c5cccc(-c6cccc7ccccc67)c5)nc(-c5cccc(-c6ccc(-c7ccccc7)c7ccccc67)c5)n4)cc4ccccc34)c2)cc1. The summed E-state index contributed by atoms with van der Waals surface area (Å²) < 4.78 is 0. The second kappa shape index (κ2) is 16.7. The van der Waals surface area contributed by atoms with E-state index in [1.165, 1.54) is 54.7 Å². The van der Waals surface area contributed by atoms with Gasteiger partial charge in [0.05, 0.1) is 0 Å². The van der Waals surface area contributed by atoms with Crippen molar-refractivity contribution in [3.05, 3.63) is 249 Å². The number of hydrogen-bond donors (Lipinski definition) is 0. The van der Waals surface area contributed by atoms with Crippen LogP contribution in [0.15, 0.2) is 249 Å². The summed E-state index contributed by atoms with van der Waals surface area (Å²) in [4.78, 5) is 16.0. The van der Waals surface area contributed by atoms with Crippen LogP contribution in [0.5, 0.6) is 0 Å². The molecule has 66 heavy (non-hydrogen) atoms. The lowest BCUT2D eigenvalue weighted by Gasteiger charge is -2.15. The summed E-state index contributed by atoms with van der Waals surface area (Å²) in [7, 11) is 0. The van der Waals surface area contributed by atoms with E-state index in [2.05, 4.69) is 249 Å². The van der Waals surface area contributed by atoms with E-state index in [0.29, 0.717) is 17.5 Å². The maximum Gasteiger partial charge on any atom is 0.164 e. The first-order valence-corrected chi connectivity index (χ1v) is 22.4. The fraction of sp³-hybridized carbons (Fsp3) is 0. The molecule has 0 saturated carbocycles. The highest BCUT2D eigenvalue weighted by atomic mass is 15.0. The summed E-state index contributed by atoms with van der Waals surface area (Å²) in [5.74, 6) is 1.83. The van der Waals surface area contributed by atoms with Crippen LogP contribution in [0.2, 0.25) is 0 Å². The summed E-state index contributed by atoms with van der Waals surface area (Å²) in [6.45, 7) is 0. The Labute approximate surface area is 384 Å². The van der Waals surface area contributed by atoms with Gasteiger partial charge in [-0.2, -0.15) is 0 Å². The van der Waals surface area contributed by atoms with Crippen molar-refractivity contribution < 1.29 is 0 Å². The first-order chi connectivity index (χ1) is 32.7. The van der Waals surface area contributed by atoms with Gasteiger partial charge in [-0.25, -0.2) is 15.0 Å². The Morgan fingerprint density at radius 3 is 1.18 bits per heavy atom. The standard InChI is InChI=1S/C63H41N3/c1-3-17-42(18-4-1)45-24-13-27-49(37-45)60-41-52(40-46-22-8-10-31-55(46)60)63-65-61(50-28-14-25-47(38-50)54-34-16-23-44-21-7-9-30-53(44)54)64-62(66-63)51-29-15-26-48(39-51)57-36-35-56(43-19-5-2-6-20-43)58-32-11-12-33-59(57)58/h1-41H. The lowest BCUT2D eigenvalue weighted by Crippen LogP contribution is -2.01. The molecule has 0 fully saturated rings. The monoisotopic (exact) mass is 839 g/mol. The maximum atomic E-state index is 5.36. The zero-order valence-corrected chi connectivity index (χ0v) is 36.0. The second-order valence-electron chi connectivity index (χ2n) is 16.8. The molecule has 0 aliphatic heterocycles. The minimum absolute atomic E-state index is 0.610. The van der Waals surface area contributed by atoms with Crippen molar-refractivity contribution in [3.63, 3.8) is 0 Å². The fourth-order valence-corrected chi connectivity index (χ4v) is 9.49. The molecule has 0 unspecified atom stereocenters. The molecule has 0 atom stereocenters. The minimum atomic E-state index is 0.610. The van der Waals surface area contributed by atoms with Crippen molar-refractivity contribution in [2.24, 2.45) is 0 Å². The normalized spacial score (nSPS) is 11.3. The number of hydrogen-bond acceptors (Lipinski definition) is 3. The van der Waals surface area contributed by atoms with Crippen LogP contribution in [0, 0.1) is 0 Å². The van der Waals surface area contributed by atoms with Crippen molar-refractivity contribution in [2.75, 3.05) is 0 Å². The number of fused-ring (bicyclic) bond motifs is 3. The average Bonchev–Trinajstić information content (AvgIpc) is 3.40. The first kappa shape index (κ1) is 38.9. The first-order valence-electron chi connectivity index (χ1n) is 22.4. The molecule has 1 aromatic heterocycles. The third-order valence-corrected chi connectivity index (χ3v) is 12.7. The van der Waals surface area contributed by atoms with Crippen LogP contribution in [0.1, 0.15) is 0 Å². The van der Waals surface area contributed by atoms with Gasteiger partial charge in [-0.05, 0) is 118 Å². The summed E-state index contributed by atoms with van der Waals surface area (Å²) >= 11 is 0. The molecule has 11 aromatic carbocycles. The lowest BCUT2D eigenvalue weighted by atomic mass is 9.91. The Morgan fingerprint density at radius 1 is 0.182 bits per heavy atom. The summed E-state index contributed by atoms with van der Waals surface area (Å²) in [6, 6.07) is 88.5. The molecular formula is C63H41N3. The zero-order chi connectivity index (χ0) is 43.8. The topological polar surface area (TPSA) is 38.7 Å². The summed E-state index contributed by atoms with van der Waals surface area (Å²) in [6.07, 6.45) is 0. The smallest absolute Gasteiger partial charge is 0.164 e. The highest BCUT2D eigenvalue weighted by molar-refractivity contribution is 6.05. The van der Waals surface area contributed by atoms with Crippen molar-refractivity contribution >= 4 is 32.3 Å². The average molecular weight is 840 g/mol. The van der Waals surface area contributed by atoms with Crippen molar-refractivity contribution in [2.45, 2.75) is 0 Å². The molecule has 0 radical (unpaired) electrons. The Balaban J connectivity index is 1.04. The van der Waals surface area contributed by atoms with E-state index >= 15 is 0 Å². The van der Waals surface area contributed by atoms with E-state index in [0.717, 1.165) is 49.9 Å². The lowest BCUT2D eigenvalue weighted by molar-refractivity contribution is 1.07. The van der Waals surface area contributed by atoms with Gasteiger partial charge in [-0.15, -0.1) is 0 Å². The van der Waals surface area contributed by atoms with Gasteiger partial charge in [0.25, 0.3) is 0 Å². The van der Waals surface area contributed by atoms with Crippen LogP contribution in [0.25, 0.3) is 122 Å². The van der Waals surface area contributed by atoms with Gasteiger partial charge in [0, 0.05) is 16.7 Å². The fourth-order valence-electron chi connectivity index (χ4n) is 9.49. The van der Waals surface area contributed by atoms with Gasteiger partial charge in [0.1, 0.15) is 0 Å². The Bertz CT molecular complexity index is 3760. The van der Waals surface area contributed by atoms with Gasteiger partial charge in [-0.1, -0.05) is 218 Å². The third kappa shape index (κ3) is 7.29. The van der Waals surface area contributed by atoms with Crippen molar-refractivity contribution in [3.8, 4) is 89.8 Å². The van der Waals surface area contributed by atoms with Crippen molar-refractivity contribution in [1.82, 2.24) is 15.0 Å². The van der Waals surface area contributed by atoms with Crippen LogP contribution >= 0.6 is 0 Å². The number of rotatable bonds is 8. The molecule has 1 heterocycles. The second-order valence-corrected chi connectivity index (χ2v) is 16.8. The predicted octanol–water partition coefficient (Wildman–Crippen LogP) is 16.7. The molecule has 3 heteroatoms. The van der Waals surface area contributed by atoms with E-state index in [9.17, 15) is 0 Å². The Morgan fingerprint density at radius 2 is 0.561 bits per heavy atom. The van der Waals surface area contributed by atoms with E-state index in [4.69, 9.17) is 15.0 Å². The molecule has 3 nitrogen and oxygen atoms in total. The third-order valence-electron chi connectivity index (χ3n) is 12.7. The van der Waals surface area contributed by atoms with Crippen LogP contribution < -0.4 is 0 Å². The Kier molecular flexibility index (Phi) is 9.85. The van der Waals surface area contributed by atoms with E-state index in [1.54, 1.807) is 0 Å². The van der Waals surface area contributed by atoms with Gasteiger partial charge >= 0.3 is 0 Å². The minimum Gasteiger partial charge on any atom is -0.208 e. The molecule has 0 bridgehead atoms. The number of benzene rings is 11. The van der Waals surface area contributed by atoms with Gasteiger partial charge in [0.2, 0.25) is 0 Å². The van der Waals surface area contributed by atoms with Gasteiger partial charge in [0.15, 0.2) is 17.5 Å². The highest BCUT2D eigenvalue weighted by Gasteiger charge is 2.18. The van der Waals surface area contributed by atoms with Crippen molar-refractivity contribution in [1.29, 1.82) is 0 Å². The van der Waals surface area contributed by atoms with Gasteiger partial charge < -0.3 is 0 Å². The molecule has 12 rings (SSSR count). The molecule has 0 spiro atoms. The molecular weight excluding hydrogens is 799 g/mol. The predicted molar refractivity (Wildman–Crippen MR) is 276 cm³/mol. The molecule has 0 saturated heterocycles.